The lowest BCUT2D eigenvalue weighted by molar-refractivity contribution is -0.124. The molecule has 0 saturated carbocycles. The molecule has 1 atom stereocenters. The number of nitrogens with zero attached hydrogens (tertiary/aromatic N) is 1. The Labute approximate surface area is 155 Å². The van der Waals surface area contributed by atoms with Crippen LogP contribution in [0.15, 0.2) is 54.6 Å². The van der Waals surface area contributed by atoms with Crippen LogP contribution in [0.25, 0.3) is 0 Å². The van der Waals surface area contributed by atoms with Gasteiger partial charge in [0.15, 0.2) is 5.60 Å². The zero-order valence-electron chi connectivity index (χ0n) is 15.2. The van der Waals surface area contributed by atoms with E-state index in [-0.39, 0.29) is 5.12 Å². The lowest BCUT2D eigenvalue weighted by Gasteiger charge is -2.28. The van der Waals surface area contributed by atoms with Gasteiger partial charge in [0, 0.05) is 12.3 Å². The number of hydrogen-bond acceptors (Lipinski definition) is 4. The van der Waals surface area contributed by atoms with Crippen molar-refractivity contribution in [2.75, 3.05) is 25.4 Å². The Kier molecular flexibility index (Phi) is 7.24. The van der Waals surface area contributed by atoms with Gasteiger partial charge in [0.25, 0.3) is 0 Å². The van der Waals surface area contributed by atoms with E-state index in [0.717, 1.165) is 25.2 Å². The molecule has 0 heterocycles. The van der Waals surface area contributed by atoms with Crippen LogP contribution in [0.4, 0.5) is 0 Å². The molecule has 134 valence electrons. The fourth-order valence-corrected chi connectivity index (χ4v) is 3.84. The normalized spacial score (nSPS) is 13.6. The second-order valence-electron chi connectivity index (χ2n) is 6.11. The van der Waals surface area contributed by atoms with E-state index in [0.29, 0.717) is 16.9 Å². The van der Waals surface area contributed by atoms with Crippen molar-refractivity contribution in [3.8, 4) is 0 Å². The molecule has 0 aromatic heterocycles. The smallest absolute Gasteiger partial charge is 0.229 e. The first kappa shape index (κ1) is 19.7. The minimum Gasteiger partial charge on any atom is -0.372 e. The van der Waals surface area contributed by atoms with Crippen LogP contribution in [0.1, 0.15) is 30.5 Å². The Morgan fingerprint density at radius 1 is 1.04 bits per heavy atom. The molecule has 25 heavy (non-hydrogen) atoms. The van der Waals surface area contributed by atoms with Crippen molar-refractivity contribution >= 4 is 16.9 Å². The molecule has 1 N–H and O–H groups in total. The molecule has 2 rings (SSSR count). The van der Waals surface area contributed by atoms with Crippen LogP contribution in [-0.2, 0) is 10.4 Å². The van der Waals surface area contributed by atoms with E-state index in [1.807, 2.05) is 61.5 Å². The van der Waals surface area contributed by atoms with E-state index in [2.05, 4.69) is 18.7 Å². The highest BCUT2D eigenvalue weighted by molar-refractivity contribution is 8.13. The minimum atomic E-state index is -1.62. The SMILES string of the molecule is CCN(CC)CCSC(=O)C(O)(c1ccccc1)c1cccc(C)c1. The van der Waals surface area contributed by atoms with Crippen LogP contribution in [-0.4, -0.2) is 40.5 Å². The number of aryl methyl sites for hydroxylation is 1. The van der Waals surface area contributed by atoms with E-state index in [1.165, 1.54) is 11.8 Å². The van der Waals surface area contributed by atoms with Gasteiger partial charge in [-0.05, 0) is 31.1 Å². The first-order valence-electron chi connectivity index (χ1n) is 8.77. The Balaban J connectivity index is 2.28. The van der Waals surface area contributed by atoms with Gasteiger partial charge in [-0.3, -0.25) is 4.79 Å². The maximum Gasteiger partial charge on any atom is 0.229 e. The van der Waals surface area contributed by atoms with Crippen LogP contribution in [0.2, 0.25) is 0 Å². The Hall–Kier alpha value is -1.62. The number of benzene rings is 2. The summed E-state index contributed by atoms with van der Waals surface area (Å²) in [4.78, 5) is 15.3. The third kappa shape index (κ3) is 4.72. The quantitative estimate of drug-likeness (QED) is 0.779. The lowest BCUT2D eigenvalue weighted by atomic mass is 9.87. The molecule has 0 fully saturated rings. The molecule has 0 saturated heterocycles. The molecule has 3 nitrogen and oxygen atoms in total. The number of thioether (sulfide) groups is 1. The Morgan fingerprint density at radius 3 is 2.28 bits per heavy atom. The van der Waals surface area contributed by atoms with Crippen molar-refractivity contribution < 1.29 is 9.90 Å². The van der Waals surface area contributed by atoms with Gasteiger partial charge < -0.3 is 10.0 Å². The van der Waals surface area contributed by atoms with Crippen LogP contribution in [0, 0.1) is 6.92 Å². The molecule has 2 aromatic carbocycles. The van der Waals surface area contributed by atoms with E-state index < -0.39 is 5.60 Å². The largest absolute Gasteiger partial charge is 0.372 e. The van der Waals surface area contributed by atoms with Gasteiger partial charge in [0.1, 0.15) is 0 Å². The molecule has 0 amide bonds. The molecule has 0 aliphatic carbocycles. The fraction of sp³-hybridized carbons (Fsp3) is 0.381. The van der Waals surface area contributed by atoms with Crippen molar-refractivity contribution in [3.05, 3.63) is 71.3 Å². The average molecular weight is 358 g/mol. The summed E-state index contributed by atoms with van der Waals surface area (Å²) < 4.78 is 0. The highest BCUT2D eigenvalue weighted by atomic mass is 32.2. The standard InChI is InChI=1S/C21H27NO2S/c1-4-22(5-2)14-15-25-20(23)21(24,18-11-7-6-8-12-18)19-13-9-10-17(3)16-19/h6-13,16,24H,4-5,14-15H2,1-3H3. The summed E-state index contributed by atoms with van der Waals surface area (Å²) in [5, 5.41) is 11.2. The summed E-state index contributed by atoms with van der Waals surface area (Å²) in [6, 6.07) is 16.8. The molecule has 0 aliphatic heterocycles. The molecule has 0 spiro atoms. The topological polar surface area (TPSA) is 40.5 Å². The predicted molar refractivity (Wildman–Crippen MR) is 106 cm³/mol. The molecular formula is C21H27NO2S. The van der Waals surface area contributed by atoms with Gasteiger partial charge in [0.05, 0.1) is 0 Å². The van der Waals surface area contributed by atoms with Crippen molar-refractivity contribution in [2.45, 2.75) is 26.4 Å². The summed E-state index contributed by atoms with van der Waals surface area (Å²) in [6.07, 6.45) is 0. The molecule has 4 heteroatoms. The molecule has 0 aliphatic rings. The van der Waals surface area contributed by atoms with Gasteiger partial charge in [-0.15, -0.1) is 0 Å². The molecular weight excluding hydrogens is 330 g/mol. The zero-order chi connectivity index (χ0) is 18.3. The van der Waals surface area contributed by atoms with Gasteiger partial charge >= 0.3 is 0 Å². The highest BCUT2D eigenvalue weighted by Gasteiger charge is 2.39. The molecule has 2 aromatic rings. The summed E-state index contributed by atoms with van der Waals surface area (Å²) in [5.41, 5.74) is 0.633. The number of hydrogen-bond donors (Lipinski definition) is 1. The molecule has 1 unspecified atom stereocenters. The summed E-state index contributed by atoms with van der Waals surface area (Å²) in [5.74, 6) is 0.668. The second-order valence-corrected chi connectivity index (χ2v) is 7.18. The number of rotatable bonds is 8. The van der Waals surface area contributed by atoms with E-state index in [4.69, 9.17) is 0 Å². The average Bonchev–Trinajstić information content (AvgIpc) is 2.65. The number of carbonyl (C=O) groups is 1. The van der Waals surface area contributed by atoms with E-state index in [9.17, 15) is 9.90 Å². The zero-order valence-corrected chi connectivity index (χ0v) is 16.1. The number of carbonyl (C=O) groups excluding carboxylic acids is 1. The van der Waals surface area contributed by atoms with Gasteiger partial charge in [-0.1, -0.05) is 85.8 Å². The predicted octanol–water partition coefficient (Wildman–Crippen LogP) is 3.83. The van der Waals surface area contributed by atoms with Gasteiger partial charge in [0.2, 0.25) is 5.12 Å². The summed E-state index contributed by atoms with van der Waals surface area (Å²) in [7, 11) is 0. The van der Waals surface area contributed by atoms with Crippen molar-refractivity contribution in [3.63, 3.8) is 0 Å². The van der Waals surface area contributed by atoms with E-state index >= 15 is 0 Å². The van der Waals surface area contributed by atoms with Gasteiger partial charge in [-0.25, -0.2) is 0 Å². The Bertz CT molecular complexity index is 685. The second kappa shape index (κ2) is 9.18. The lowest BCUT2D eigenvalue weighted by Crippen LogP contribution is -2.36. The maximum absolute atomic E-state index is 13.0. The maximum atomic E-state index is 13.0. The van der Waals surface area contributed by atoms with Crippen LogP contribution >= 0.6 is 11.8 Å². The number of aliphatic hydroxyl groups is 1. The highest BCUT2D eigenvalue weighted by Crippen LogP contribution is 2.34. The summed E-state index contributed by atoms with van der Waals surface area (Å²) in [6.45, 7) is 8.96. The minimum absolute atomic E-state index is 0.226. The first-order chi connectivity index (χ1) is 12.0. The van der Waals surface area contributed by atoms with Crippen LogP contribution in [0.3, 0.4) is 0 Å². The van der Waals surface area contributed by atoms with Gasteiger partial charge in [-0.2, -0.15) is 0 Å². The summed E-state index contributed by atoms with van der Waals surface area (Å²) >= 11 is 1.21. The van der Waals surface area contributed by atoms with Crippen molar-refractivity contribution in [1.82, 2.24) is 4.90 Å². The molecule has 0 bridgehead atoms. The molecule has 0 radical (unpaired) electrons. The van der Waals surface area contributed by atoms with E-state index in [1.54, 1.807) is 0 Å². The van der Waals surface area contributed by atoms with Crippen molar-refractivity contribution in [1.29, 1.82) is 0 Å². The van der Waals surface area contributed by atoms with Crippen molar-refractivity contribution in [2.24, 2.45) is 0 Å². The third-order valence-electron chi connectivity index (χ3n) is 4.46. The first-order valence-corrected chi connectivity index (χ1v) is 9.75. The van der Waals surface area contributed by atoms with Crippen LogP contribution < -0.4 is 0 Å². The fourth-order valence-electron chi connectivity index (χ4n) is 2.86. The monoisotopic (exact) mass is 357 g/mol. The van der Waals surface area contributed by atoms with Crippen LogP contribution in [0.5, 0.6) is 0 Å². The Morgan fingerprint density at radius 2 is 1.68 bits per heavy atom. The third-order valence-corrected chi connectivity index (χ3v) is 5.40.